The first-order valence-corrected chi connectivity index (χ1v) is 7.14. The van der Waals surface area contributed by atoms with E-state index in [1.807, 2.05) is 13.0 Å². The molecule has 0 N–H and O–H groups in total. The normalized spacial score (nSPS) is 10.9. The molecule has 3 rings (SSSR count). The average Bonchev–Trinajstić information content (AvgIpc) is 2.52. The minimum Gasteiger partial charge on any atom is -0.458 e. The molecule has 1 aromatic carbocycles. The number of carbonyl (C=O) groups is 1. The number of hydrogen-bond acceptors (Lipinski definition) is 5. The fourth-order valence-electron chi connectivity index (χ4n) is 2.39. The SMILES string of the molecule is C=CCOC(=O)c1cc2c(=O)c3ccc(C)cc3oc2nc1C. The Morgan fingerprint density at radius 1 is 1.30 bits per heavy atom. The number of pyridine rings is 1. The Labute approximate surface area is 132 Å². The van der Waals surface area contributed by atoms with Crippen LogP contribution in [0.5, 0.6) is 0 Å². The number of fused-ring (bicyclic) bond motifs is 2. The zero-order chi connectivity index (χ0) is 16.6. The molecule has 0 unspecified atom stereocenters. The molecule has 0 fully saturated rings. The number of benzene rings is 1. The van der Waals surface area contributed by atoms with Crippen LogP contribution in [-0.4, -0.2) is 17.6 Å². The van der Waals surface area contributed by atoms with Crippen LogP contribution in [0.25, 0.3) is 22.1 Å². The van der Waals surface area contributed by atoms with E-state index in [-0.39, 0.29) is 28.7 Å². The number of hydrogen-bond donors (Lipinski definition) is 0. The van der Waals surface area contributed by atoms with Crippen LogP contribution in [0, 0.1) is 13.8 Å². The van der Waals surface area contributed by atoms with Gasteiger partial charge in [-0.15, -0.1) is 0 Å². The van der Waals surface area contributed by atoms with Crippen molar-refractivity contribution >= 4 is 28.0 Å². The van der Waals surface area contributed by atoms with E-state index in [2.05, 4.69) is 11.6 Å². The van der Waals surface area contributed by atoms with Gasteiger partial charge in [-0.25, -0.2) is 9.78 Å². The predicted octanol–water partition coefficient (Wildman–Crippen LogP) is 3.30. The van der Waals surface area contributed by atoms with Crippen molar-refractivity contribution in [1.29, 1.82) is 0 Å². The zero-order valence-electron chi connectivity index (χ0n) is 12.9. The molecule has 0 aliphatic heterocycles. The standard InChI is InChI=1S/C18H15NO4/c1-4-7-22-18(21)13-9-14-16(20)12-6-5-10(2)8-15(12)23-17(14)19-11(13)3/h4-6,8-9H,1,7H2,2-3H3. The van der Waals surface area contributed by atoms with Gasteiger partial charge < -0.3 is 9.15 Å². The molecule has 0 saturated heterocycles. The molecular formula is C18H15NO4. The van der Waals surface area contributed by atoms with Crippen molar-refractivity contribution in [2.24, 2.45) is 0 Å². The van der Waals surface area contributed by atoms with Crippen molar-refractivity contribution in [2.75, 3.05) is 6.61 Å². The first-order valence-electron chi connectivity index (χ1n) is 7.14. The number of aryl methyl sites for hydroxylation is 2. The topological polar surface area (TPSA) is 69.4 Å². The molecule has 0 amide bonds. The molecule has 116 valence electrons. The number of esters is 1. The van der Waals surface area contributed by atoms with E-state index in [1.165, 1.54) is 12.1 Å². The number of rotatable bonds is 3. The summed E-state index contributed by atoms with van der Waals surface area (Å²) in [4.78, 5) is 28.9. The molecule has 5 heteroatoms. The second-order valence-corrected chi connectivity index (χ2v) is 5.29. The van der Waals surface area contributed by atoms with E-state index in [0.29, 0.717) is 16.7 Å². The maximum Gasteiger partial charge on any atom is 0.340 e. The maximum atomic E-state index is 12.6. The molecule has 0 spiro atoms. The Morgan fingerprint density at radius 2 is 2.09 bits per heavy atom. The van der Waals surface area contributed by atoms with E-state index in [9.17, 15) is 9.59 Å². The minimum atomic E-state index is -0.541. The van der Waals surface area contributed by atoms with E-state index in [0.717, 1.165) is 5.56 Å². The first kappa shape index (κ1) is 15.0. The van der Waals surface area contributed by atoms with Gasteiger partial charge in [0.2, 0.25) is 11.1 Å². The molecule has 3 aromatic rings. The summed E-state index contributed by atoms with van der Waals surface area (Å²) in [5.41, 5.74) is 2.16. The third kappa shape index (κ3) is 2.61. The van der Waals surface area contributed by atoms with Crippen LogP contribution in [0.2, 0.25) is 0 Å². The van der Waals surface area contributed by atoms with Gasteiger partial charge in [-0.3, -0.25) is 4.79 Å². The van der Waals surface area contributed by atoms with Crippen LogP contribution in [0.15, 0.2) is 46.1 Å². The highest BCUT2D eigenvalue weighted by atomic mass is 16.5. The van der Waals surface area contributed by atoms with Gasteiger partial charge in [0.25, 0.3) is 0 Å². The molecule has 23 heavy (non-hydrogen) atoms. The molecule has 2 heterocycles. The van der Waals surface area contributed by atoms with Crippen LogP contribution >= 0.6 is 0 Å². The molecule has 0 bridgehead atoms. The van der Waals surface area contributed by atoms with Gasteiger partial charge in [0.05, 0.1) is 22.0 Å². The zero-order valence-corrected chi connectivity index (χ0v) is 12.9. The van der Waals surface area contributed by atoms with Gasteiger partial charge in [-0.1, -0.05) is 18.7 Å². The Kier molecular flexibility index (Phi) is 3.70. The highest BCUT2D eigenvalue weighted by molar-refractivity contribution is 5.96. The molecule has 0 aliphatic rings. The first-order chi connectivity index (χ1) is 11.0. The van der Waals surface area contributed by atoms with E-state index in [1.54, 1.807) is 19.1 Å². The molecule has 2 aromatic heterocycles. The van der Waals surface area contributed by atoms with Crippen LogP contribution < -0.4 is 5.43 Å². The lowest BCUT2D eigenvalue weighted by molar-refractivity contribution is 0.0548. The Hall–Kier alpha value is -2.95. The van der Waals surface area contributed by atoms with Crippen molar-refractivity contribution in [1.82, 2.24) is 4.98 Å². The smallest absolute Gasteiger partial charge is 0.340 e. The minimum absolute atomic E-state index is 0.0991. The highest BCUT2D eigenvalue weighted by Gasteiger charge is 2.16. The quantitative estimate of drug-likeness (QED) is 0.422. The van der Waals surface area contributed by atoms with Crippen molar-refractivity contribution in [3.8, 4) is 0 Å². The molecule has 0 aliphatic carbocycles. The third-order valence-electron chi connectivity index (χ3n) is 3.56. The van der Waals surface area contributed by atoms with Gasteiger partial charge in [0.15, 0.2) is 0 Å². The summed E-state index contributed by atoms with van der Waals surface area (Å²) in [5.74, 6) is -0.541. The fraction of sp³-hybridized carbons (Fsp3) is 0.167. The van der Waals surface area contributed by atoms with Crippen LogP contribution in [0.3, 0.4) is 0 Å². The molecule has 0 radical (unpaired) electrons. The summed E-state index contributed by atoms with van der Waals surface area (Å²) >= 11 is 0. The Bertz CT molecular complexity index is 1000. The Balaban J connectivity index is 2.26. The summed E-state index contributed by atoms with van der Waals surface area (Å²) in [6, 6.07) is 6.82. The molecule has 0 saturated carbocycles. The largest absolute Gasteiger partial charge is 0.458 e. The highest BCUT2D eigenvalue weighted by Crippen LogP contribution is 2.21. The summed E-state index contributed by atoms with van der Waals surface area (Å²) in [5, 5.41) is 0.719. The second-order valence-electron chi connectivity index (χ2n) is 5.29. The van der Waals surface area contributed by atoms with Gasteiger partial charge in [0.1, 0.15) is 12.2 Å². The lowest BCUT2D eigenvalue weighted by Gasteiger charge is -2.07. The molecule has 5 nitrogen and oxygen atoms in total. The number of aromatic nitrogens is 1. The predicted molar refractivity (Wildman–Crippen MR) is 87.7 cm³/mol. The van der Waals surface area contributed by atoms with Crippen molar-refractivity contribution < 1.29 is 13.9 Å². The lowest BCUT2D eigenvalue weighted by atomic mass is 10.1. The average molecular weight is 309 g/mol. The monoisotopic (exact) mass is 309 g/mol. The van der Waals surface area contributed by atoms with Crippen LogP contribution in [0.4, 0.5) is 0 Å². The number of carbonyl (C=O) groups excluding carboxylic acids is 1. The van der Waals surface area contributed by atoms with Crippen molar-refractivity contribution in [3.63, 3.8) is 0 Å². The van der Waals surface area contributed by atoms with E-state index >= 15 is 0 Å². The Morgan fingerprint density at radius 3 is 2.83 bits per heavy atom. The van der Waals surface area contributed by atoms with Gasteiger partial charge in [-0.2, -0.15) is 0 Å². The number of ether oxygens (including phenoxy) is 1. The van der Waals surface area contributed by atoms with Crippen molar-refractivity contribution in [3.05, 3.63) is 64.0 Å². The fourth-order valence-corrected chi connectivity index (χ4v) is 2.39. The molecule has 0 atom stereocenters. The van der Waals surface area contributed by atoms with E-state index in [4.69, 9.17) is 9.15 Å². The van der Waals surface area contributed by atoms with Crippen molar-refractivity contribution in [2.45, 2.75) is 13.8 Å². The van der Waals surface area contributed by atoms with Crippen LogP contribution in [-0.2, 0) is 4.74 Å². The number of nitrogens with zero attached hydrogens (tertiary/aromatic N) is 1. The lowest BCUT2D eigenvalue weighted by Crippen LogP contribution is -2.11. The summed E-state index contributed by atoms with van der Waals surface area (Å²) in [6.45, 7) is 7.18. The van der Waals surface area contributed by atoms with Gasteiger partial charge in [0, 0.05) is 0 Å². The van der Waals surface area contributed by atoms with Crippen LogP contribution in [0.1, 0.15) is 21.6 Å². The second kappa shape index (κ2) is 5.68. The van der Waals surface area contributed by atoms with E-state index < -0.39 is 5.97 Å². The maximum absolute atomic E-state index is 12.6. The summed E-state index contributed by atoms with van der Waals surface area (Å²) in [6.07, 6.45) is 1.48. The molecular weight excluding hydrogens is 294 g/mol. The third-order valence-corrected chi connectivity index (χ3v) is 3.56. The van der Waals surface area contributed by atoms with Gasteiger partial charge in [-0.05, 0) is 37.6 Å². The summed E-state index contributed by atoms with van der Waals surface area (Å²) < 4.78 is 10.7. The summed E-state index contributed by atoms with van der Waals surface area (Å²) in [7, 11) is 0. The van der Waals surface area contributed by atoms with Gasteiger partial charge >= 0.3 is 5.97 Å².